The van der Waals surface area contributed by atoms with Gasteiger partial charge in [-0.15, -0.1) is 0 Å². The molecule has 0 saturated carbocycles. The highest BCUT2D eigenvalue weighted by molar-refractivity contribution is 6.86. The maximum absolute atomic E-state index is 6.60. The molecular formula is C16H40O8Si4. The minimum absolute atomic E-state index is 0.247. The van der Waals surface area contributed by atoms with E-state index in [0.717, 1.165) is 18.7 Å². The van der Waals surface area contributed by atoms with E-state index in [1.807, 2.05) is 0 Å². The summed E-state index contributed by atoms with van der Waals surface area (Å²) in [6.07, 6.45) is 0.247. The minimum Gasteiger partial charge on any atom is -0.436 e. The Bertz CT molecular complexity index is 454. The maximum atomic E-state index is 6.60. The predicted molar refractivity (Wildman–Crippen MR) is 118 cm³/mol. The average molecular weight is 473 g/mol. The Morgan fingerprint density at radius 3 is 1.82 bits per heavy atom. The highest BCUT2D eigenvalue weighted by Crippen LogP contribution is 2.28. The van der Waals surface area contributed by atoms with E-state index in [4.69, 9.17) is 35.4 Å². The molecule has 0 aliphatic carbocycles. The highest BCUT2D eigenvalue weighted by Gasteiger charge is 2.48. The van der Waals surface area contributed by atoms with Crippen molar-refractivity contribution in [3.63, 3.8) is 0 Å². The van der Waals surface area contributed by atoms with Crippen LogP contribution in [0.4, 0.5) is 0 Å². The van der Waals surface area contributed by atoms with E-state index in [-0.39, 0.29) is 6.10 Å². The minimum atomic E-state index is -2.85. The summed E-state index contributed by atoms with van der Waals surface area (Å²) in [4.78, 5) is 0. The summed E-state index contributed by atoms with van der Waals surface area (Å²) in [5.74, 6) is 0. The SMILES string of the molecule is CO[Si](C)(CC[Si](C)(C)O[Si](C)(C)O[Si](CCOCC1CO1)(OC)OC)OC. The molecule has 0 N–H and O–H groups in total. The number of rotatable bonds is 16. The molecule has 0 aromatic heterocycles. The normalized spacial score (nSPS) is 18.5. The van der Waals surface area contributed by atoms with E-state index in [1.165, 1.54) is 0 Å². The largest absolute Gasteiger partial charge is 0.493 e. The van der Waals surface area contributed by atoms with Gasteiger partial charge in [-0.1, -0.05) is 0 Å². The van der Waals surface area contributed by atoms with E-state index in [9.17, 15) is 0 Å². The second-order valence-corrected chi connectivity index (χ2v) is 23.0. The molecule has 1 unspecified atom stereocenters. The van der Waals surface area contributed by atoms with Gasteiger partial charge in [-0.2, -0.15) is 0 Å². The number of ether oxygens (including phenoxy) is 2. The lowest BCUT2D eigenvalue weighted by atomic mass is 10.5. The van der Waals surface area contributed by atoms with Crippen molar-refractivity contribution < 1.29 is 35.4 Å². The summed E-state index contributed by atoms with van der Waals surface area (Å²) in [7, 11) is -2.68. The quantitative estimate of drug-likeness (QED) is 0.193. The summed E-state index contributed by atoms with van der Waals surface area (Å²) in [5.41, 5.74) is 0. The topological polar surface area (TPSA) is 77.1 Å². The van der Waals surface area contributed by atoms with Gasteiger partial charge in [-0.25, -0.2) is 0 Å². The molecule has 0 bridgehead atoms. The molecule has 0 radical (unpaired) electrons. The van der Waals surface area contributed by atoms with Crippen LogP contribution in [0.25, 0.3) is 0 Å². The second-order valence-electron chi connectivity index (χ2n) is 8.28. The Morgan fingerprint density at radius 1 is 0.786 bits per heavy atom. The van der Waals surface area contributed by atoms with Crippen molar-refractivity contribution >= 4 is 34.2 Å². The first-order valence-corrected chi connectivity index (χ1v) is 20.1. The average Bonchev–Trinajstić information content (AvgIpc) is 3.46. The molecule has 1 aliphatic rings. The lowest BCUT2D eigenvalue weighted by Gasteiger charge is -2.39. The zero-order valence-corrected chi connectivity index (χ0v) is 23.1. The third-order valence-corrected chi connectivity index (χ3v) is 19.1. The first-order valence-electron chi connectivity index (χ1n) is 9.74. The summed E-state index contributed by atoms with van der Waals surface area (Å²) in [5, 5.41) is 0. The van der Waals surface area contributed by atoms with Gasteiger partial charge >= 0.3 is 25.9 Å². The Morgan fingerprint density at radius 2 is 1.36 bits per heavy atom. The Labute approximate surface area is 175 Å². The molecule has 1 rings (SSSR count). The van der Waals surface area contributed by atoms with E-state index in [0.29, 0.717) is 19.3 Å². The number of hydrogen-bond donors (Lipinski definition) is 0. The predicted octanol–water partition coefficient (Wildman–Crippen LogP) is 2.94. The molecule has 1 atom stereocenters. The van der Waals surface area contributed by atoms with Gasteiger partial charge in [0.05, 0.1) is 19.8 Å². The fourth-order valence-corrected chi connectivity index (χ4v) is 19.0. The van der Waals surface area contributed by atoms with Gasteiger partial charge in [0, 0.05) is 34.5 Å². The van der Waals surface area contributed by atoms with Crippen molar-refractivity contribution in [3.8, 4) is 0 Å². The number of hydrogen-bond acceptors (Lipinski definition) is 8. The van der Waals surface area contributed by atoms with Gasteiger partial charge < -0.3 is 35.4 Å². The third-order valence-electron chi connectivity index (χ3n) is 4.85. The summed E-state index contributed by atoms with van der Waals surface area (Å²) >= 11 is 0. The van der Waals surface area contributed by atoms with Gasteiger partial charge in [0.1, 0.15) is 6.10 Å². The first-order chi connectivity index (χ1) is 12.9. The molecule has 1 heterocycles. The molecule has 28 heavy (non-hydrogen) atoms. The van der Waals surface area contributed by atoms with Crippen molar-refractivity contribution in [2.24, 2.45) is 0 Å². The van der Waals surface area contributed by atoms with Crippen LogP contribution in [-0.2, 0) is 35.4 Å². The lowest BCUT2D eigenvalue weighted by Crippen LogP contribution is -2.57. The molecule has 1 fully saturated rings. The Balaban J connectivity index is 2.61. The van der Waals surface area contributed by atoms with Crippen LogP contribution < -0.4 is 0 Å². The van der Waals surface area contributed by atoms with E-state index < -0.39 is 34.2 Å². The van der Waals surface area contributed by atoms with Gasteiger partial charge in [0.25, 0.3) is 0 Å². The summed E-state index contributed by atoms with van der Waals surface area (Å²) in [6, 6.07) is 2.45. The summed E-state index contributed by atoms with van der Waals surface area (Å²) < 4.78 is 46.6. The van der Waals surface area contributed by atoms with E-state index >= 15 is 0 Å². The first kappa shape index (κ1) is 26.6. The fraction of sp³-hybridized carbons (Fsp3) is 1.00. The van der Waals surface area contributed by atoms with Crippen LogP contribution in [0.2, 0.25) is 50.9 Å². The fourth-order valence-electron chi connectivity index (χ4n) is 2.93. The summed E-state index contributed by atoms with van der Waals surface area (Å²) in [6.45, 7) is 12.5. The van der Waals surface area contributed by atoms with Crippen molar-refractivity contribution in [1.29, 1.82) is 0 Å². The highest BCUT2D eigenvalue weighted by atomic mass is 28.5. The van der Waals surface area contributed by atoms with Gasteiger partial charge in [-0.05, 0) is 44.8 Å². The number of epoxide rings is 1. The molecule has 168 valence electrons. The molecule has 1 saturated heterocycles. The maximum Gasteiger partial charge on any atom is 0.493 e. The van der Waals surface area contributed by atoms with Crippen molar-refractivity contribution in [2.75, 3.05) is 48.3 Å². The van der Waals surface area contributed by atoms with E-state index in [1.54, 1.807) is 28.4 Å². The Kier molecular flexibility index (Phi) is 10.7. The second kappa shape index (κ2) is 11.2. The molecule has 1 aliphatic heterocycles. The molecule has 0 aromatic carbocycles. The zero-order valence-electron chi connectivity index (χ0n) is 19.1. The molecule has 8 nitrogen and oxygen atoms in total. The van der Waals surface area contributed by atoms with Gasteiger partial charge in [0.15, 0.2) is 8.32 Å². The standard InChI is InChI=1S/C16H40O8Si4/c1-17-27(9,18-2)13-12-25(5,6)23-26(7,8)24-28(19-3,20-4)11-10-21-14-16-15-22-16/h16H,10-15H2,1-9H3. The van der Waals surface area contributed by atoms with Crippen molar-refractivity contribution in [1.82, 2.24) is 0 Å². The van der Waals surface area contributed by atoms with Crippen LogP contribution >= 0.6 is 0 Å². The lowest BCUT2D eigenvalue weighted by molar-refractivity contribution is 0.0990. The smallest absolute Gasteiger partial charge is 0.436 e. The van der Waals surface area contributed by atoms with Crippen LogP contribution in [0.3, 0.4) is 0 Å². The van der Waals surface area contributed by atoms with Crippen LogP contribution in [0.1, 0.15) is 0 Å². The molecule has 0 amide bonds. The van der Waals surface area contributed by atoms with Crippen LogP contribution in [0.5, 0.6) is 0 Å². The van der Waals surface area contributed by atoms with Crippen molar-refractivity contribution in [3.05, 3.63) is 0 Å². The van der Waals surface area contributed by atoms with Crippen LogP contribution in [0, 0.1) is 0 Å². The van der Waals surface area contributed by atoms with Gasteiger partial charge in [-0.3, -0.25) is 0 Å². The van der Waals surface area contributed by atoms with Gasteiger partial charge in [0.2, 0.25) is 0 Å². The van der Waals surface area contributed by atoms with Crippen molar-refractivity contribution in [2.45, 2.75) is 57.0 Å². The van der Waals surface area contributed by atoms with Crippen LogP contribution in [-0.4, -0.2) is 88.6 Å². The van der Waals surface area contributed by atoms with Crippen LogP contribution in [0.15, 0.2) is 0 Å². The molecule has 0 spiro atoms. The molecule has 0 aromatic rings. The molecule has 12 heteroatoms. The third kappa shape index (κ3) is 9.57. The Hall–Kier alpha value is 0.548. The van der Waals surface area contributed by atoms with E-state index in [2.05, 4.69) is 32.7 Å². The zero-order chi connectivity index (χ0) is 21.5. The molecular weight excluding hydrogens is 433 g/mol. The monoisotopic (exact) mass is 472 g/mol.